The zero-order chi connectivity index (χ0) is 31.4. The van der Waals surface area contributed by atoms with Gasteiger partial charge in [0.25, 0.3) is 0 Å². The molecule has 4 fully saturated rings. The largest absolute Gasteiger partial charge is 0.393 e. The van der Waals surface area contributed by atoms with E-state index in [1.165, 1.54) is 5.57 Å². The monoisotopic (exact) mass is 596 g/mol. The van der Waals surface area contributed by atoms with E-state index in [-0.39, 0.29) is 51.3 Å². The van der Waals surface area contributed by atoms with Gasteiger partial charge in [-0.2, -0.15) is 0 Å². The maximum Gasteiger partial charge on any atom is 0.235 e. The molecule has 8 atom stereocenters. The molecule has 0 bridgehead atoms. The third kappa shape index (κ3) is 3.83. The summed E-state index contributed by atoms with van der Waals surface area (Å²) in [4.78, 5) is 33.1. The fraction of sp³-hybridized carbons (Fsp3) is 0.667. The van der Waals surface area contributed by atoms with E-state index in [0.29, 0.717) is 23.9 Å². The van der Waals surface area contributed by atoms with E-state index < -0.39 is 5.41 Å². The van der Waals surface area contributed by atoms with Crippen LogP contribution in [0.2, 0.25) is 0 Å². The highest BCUT2D eigenvalue weighted by atomic mass is 16.3. The lowest BCUT2D eigenvalue weighted by Crippen LogP contribution is -2.66. The molecule has 4 saturated carbocycles. The third-order valence-electron chi connectivity index (χ3n) is 14.7. The molecule has 1 aromatic carbocycles. The highest BCUT2D eigenvalue weighted by molar-refractivity contribution is 6.10. The first-order chi connectivity index (χ1) is 20.7. The molecule has 1 aromatic heterocycles. The number of benzene rings is 1. The van der Waals surface area contributed by atoms with Crippen LogP contribution in [-0.2, 0) is 9.59 Å². The first-order valence-corrected chi connectivity index (χ1v) is 17.3. The molecule has 1 amide bonds. The van der Waals surface area contributed by atoms with Gasteiger partial charge < -0.3 is 10.4 Å². The number of nitrogens with zero attached hydrogens (tertiary/aromatic N) is 1. The molecule has 7 rings (SSSR count). The molecule has 5 aliphatic rings. The Morgan fingerprint density at radius 1 is 0.932 bits per heavy atom. The lowest BCUT2D eigenvalue weighted by molar-refractivity contribution is -0.228. The van der Waals surface area contributed by atoms with Crippen LogP contribution in [0.1, 0.15) is 106 Å². The smallest absolute Gasteiger partial charge is 0.235 e. The first kappa shape index (κ1) is 30.1. The number of carbonyl (C=O) groups is 2. The molecule has 44 heavy (non-hydrogen) atoms. The van der Waals surface area contributed by atoms with Crippen molar-refractivity contribution in [2.75, 3.05) is 5.32 Å². The minimum absolute atomic E-state index is 0.0124. The fourth-order valence-corrected chi connectivity index (χ4v) is 12.3. The van der Waals surface area contributed by atoms with Gasteiger partial charge in [0.15, 0.2) is 5.78 Å². The predicted molar refractivity (Wildman–Crippen MR) is 176 cm³/mol. The van der Waals surface area contributed by atoms with Crippen molar-refractivity contribution in [1.82, 2.24) is 4.98 Å². The molecule has 5 heteroatoms. The number of amides is 1. The summed E-state index contributed by atoms with van der Waals surface area (Å²) in [6.07, 6.45) is 9.94. The first-order valence-electron chi connectivity index (χ1n) is 17.3. The van der Waals surface area contributed by atoms with Gasteiger partial charge in [0.05, 0.1) is 28.9 Å². The number of pyridine rings is 1. The molecule has 5 nitrogen and oxygen atoms in total. The van der Waals surface area contributed by atoms with E-state index in [4.69, 9.17) is 0 Å². The van der Waals surface area contributed by atoms with Crippen molar-refractivity contribution in [3.8, 4) is 0 Å². The highest BCUT2D eigenvalue weighted by Crippen LogP contribution is 2.76. The summed E-state index contributed by atoms with van der Waals surface area (Å²) >= 11 is 0. The van der Waals surface area contributed by atoms with E-state index in [9.17, 15) is 14.7 Å². The molecular weight excluding hydrogens is 544 g/mol. The van der Waals surface area contributed by atoms with Crippen molar-refractivity contribution >= 4 is 28.3 Å². The maximum absolute atomic E-state index is 14.6. The lowest BCUT2D eigenvalue weighted by atomic mass is 9.33. The van der Waals surface area contributed by atoms with Gasteiger partial charge in [0.2, 0.25) is 5.91 Å². The number of Topliss-reactive ketones (excluding diaryl/α,β-unsaturated/α-hetero) is 1. The molecule has 5 aliphatic carbocycles. The second kappa shape index (κ2) is 9.74. The van der Waals surface area contributed by atoms with E-state index in [1.54, 1.807) is 6.20 Å². The third-order valence-corrected chi connectivity index (χ3v) is 14.7. The number of ketones is 1. The van der Waals surface area contributed by atoms with Gasteiger partial charge in [-0.25, -0.2) is 0 Å². The van der Waals surface area contributed by atoms with Crippen LogP contribution >= 0.6 is 0 Å². The van der Waals surface area contributed by atoms with Gasteiger partial charge >= 0.3 is 0 Å². The SMILES string of the molecule is CC(C)C1=C2[C@H]3CCC4[C@@]5(C)CC[C@H](O)C(C)(C)C5CC[C@@]4(C)[C@]3(C)CC[C@@]2(C(=O)Nc2cnc3ccccc3c2)CC1=O. The molecular formula is C39H52N2O3. The molecule has 1 heterocycles. The Hall–Kier alpha value is -2.53. The summed E-state index contributed by atoms with van der Waals surface area (Å²) in [6.45, 7) is 16.5. The van der Waals surface area contributed by atoms with E-state index >= 15 is 0 Å². The number of hydrogen-bond acceptors (Lipinski definition) is 4. The van der Waals surface area contributed by atoms with Gasteiger partial charge in [-0.1, -0.05) is 66.7 Å². The molecule has 0 saturated heterocycles. The predicted octanol–water partition coefficient (Wildman–Crippen LogP) is 8.51. The molecule has 0 spiro atoms. The molecule has 236 valence electrons. The van der Waals surface area contributed by atoms with Crippen LogP contribution in [0.3, 0.4) is 0 Å². The van der Waals surface area contributed by atoms with Gasteiger partial charge in [-0.15, -0.1) is 0 Å². The van der Waals surface area contributed by atoms with E-state index in [0.717, 1.165) is 67.8 Å². The standard InChI is InChI=1S/C39H52N2O3/c1-23(2)32-28(42)21-39(34(44)41-25-20-24-10-8-9-11-27(24)40-22-25)19-18-37(6)26(33(32)39)12-13-30-36(5)16-15-31(43)35(3,4)29(36)14-17-38(30,37)7/h8-11,20,22-23,26,29-31,43H,12-19,21H2,1-7H3,(H,41,44)/t26-,29?,30?,31+,36+,37-,38-,39-/m1/s1. The second-order valence-electron chi connectivity index (χ2n) is 17.0. The van der Waals surface area contributed by atoms with Crippen molar-refractivity contribution in [1.29, 1.82) is 0 Å². The van der Waals surface area contributed by atoms with Crippen molar-refractivity contribution in [2.45, 2.75) is 112 Å². The highest BCUT2D eigenvalue weighted by Gasteiger charge is 2.70. The average molecular weight is 597 g/mol. The summed E-state index contributed by atoms with van der Waals surface area (Å²) in [5.41, 5.74) is 3.19. The lowest BCUT2D eigenvalue weighted by Gasteiger charge is -2.72. The quantitative estimate of drug-likeness (QED) is 0.372. The van der Waals surface area contributed by atoms with Gasteiger partial charge in [-0.3, -0.25) is 14.6 Å². The Bertz CT molecular complexity index is 1570. The summed E-state index contributed by atoms with van der Waals surface area (Å²) in [5, 5.41) is 15.3. The van der Waals surface area contributed by atoms with Crippen molar-refractivity contribution in [2.24, 2.45) is 50.7 Å². The minimum atomic E-state index is -0.784. The number of aliphatic hydroxyl groups excluding tert-OH is 1. The van der Waals surface area contributed by atoms with Crippen molar-refractivity contribution in [3.05, 3.63) is 47.7 Å². The molecule has 0 radical (unpaired) electrons. The minimum Gasteiger partial charge on any atom is -0.393 e. The Morgan fingerprint density at radius 2 is 1.68 bits per heavy atom. The topological polar surface area (TPSA) is 79.3 Å². The van der Waals surface area contributed by atoms with Crippen molar-refractivity contribution in [3.63, 3.8) is 0 Å². The van der Waals surface area contributed by atoms with Gasteiger partial charge in [-0.05, 0) is 120 Å². The Kier molecular flexibility index (Phi) is 6.67. The number of carbonyl (C=O) groups excluding carboxylic acids is 2. The molecule has 2 N–H and O–H groups in total. The Morgan fingerprint density at radius 3 is 2.43 bits per heavy atom. The number of allylic oxidation sites excluding steroid dienone is 1. The maximum atomic E-state index is 14.6. The zero-order valence-electron chi connectivity index (χ0n) is 27.9. The van der Waals surface area contributed by atoms with Crippen LogP contribution < -0.4 is 5.32 Å². The summed E-state index contributed by atoms with van der Waals surface area (Å²) in [6, 6.07) is 9.96. The summed E-state index contributed by atoms with van der Waals surface area (Å²) in [5.74, 6) is 1.56. The molecule has 0 aliphatic heterocycles. The summed E-state index contributed by atoms with van der Waals surface area (Å²) in [7, 11) is 0. The number of hydrogen-bond donors (Lipinski definition) is 2. The van der Waals surface area contributed by atoms with E-state index in [1.807, 2.05) is 30.3 Å². The van der Waals surface area contributed by atoms with Crippen molar-refractivity contribution < 1.29 is 14.7 Å². The summed E-state index contributed by atoms with van der Waals surface area (Å²) < 4.78 is 0. The normalized spacial score (nSPS) is 41.2. The molecule has 2 aromatic rings. The van der Waals surface area contributed by atoms with Crippen LogP contribution in [0.15, 0.2) is 47.7 Å². The Balaban J connectivity index is 1.28. The number of anilines is 1. The van der Waals surface area contributed by atoms with E-state index in [2.05, 4.69) is 58.8 Å². The van der Waals surface area contributed by atoms with Crippen LogP contribution in [0.4, 0.5) is 5.69 Å². The fourth-order valence-electron chi connectivity index (χ4n) is 12.3. The number of aliphatic hydroxyl groups is 1. The van der Waals surface area contributed by atoms with Gasteiger partial charge in [0, 0.05) is 11.8 Å². The number of para-hydroxylation sites is 1. The second-order valence-corrected chi connectivity index (χ2v) is 17.0. The van der Waals surface area contributed by atoms with Crippen LogP contribution in [0, 0.1) is 50.7 Å². The number of fused-ring (bicyclic) bond motifs is 8. The number of aromatic nitrogens is 1. The Labute approximate surface area is 263 Å². The number of rotatable bonds is 3. The zero-order valence-corrected chi connectivity index (χ0v) is 27.9. The molecule has 2 unspecified atom stereocenters. The van der Waals surface area contributed by atoms with Crippen LogP contribution in [0.25, 0.3) is 10.9 Å². The van der Waals surface area contributed by atoms with Crippen LogP contribution in [0.5, 0.6) is 0 Å². The van der Waals surface area contributed by atoms with Gasteiger partial charge in [0.1, 0.15) is 0 Å². The number of nitrogens with one attached hydrogen (secondary N) is 1. The average Bonchev–Trinajstić information content (AvgIpc) is 3.29. The van der Waals surface area contributed by atoms with Crippen LogP contribution in [-0.4, -0.2) is 27.9 Å².